The smallest absolute Gasteiger partial charge is 0.239 e. The number of thioether (sulfide) groups is 1. The zero-order valence-corrected chi connectivity index (χ0v) is 16.0. The van der Waals surface area contributed by atoms with E-state index in [0.29, 0.717) is 16.7 Å². The number of aromatic nitrogens is 4. The Balaban J connectivity index is 1.73. The number of imidazole rings is 1. The van der Waals surface area contributed by atoms with Gasteiger partial charge in [-0.2, -0.15) is 4.98 Å². The van der Waals surface area contributed by atoms with E-state index in [1.54, 1.807) is 11.8 Å². The van der Waals surface area contributed by atoms with Gasteiger partial charge in [0, 0.05) is 5.02 Å². The third-order valence-corrected chi connectivity index (χ3v) is 5.34. The molecule has 0 fully saturated rings. The van der Waals surface area contributed by atoms with E-state index in [-0.39, 0.29) is 5.25 Å². The standard InChI is InChI=1S/C19H17ClN4OS/c1-12(18-21-13(2)23-25-18)26-19-22-16-10-15(20)8-9-17(16)24(19)11-14-6-4-3-5-7-14/h3-10,12H,11H2,1-2H3/t12-/m0/s1. The average Bonchev–Trinajstić information content (AvgIpc) is 3.20. The van der Waals surface area contributed by atoms with Crippen molar-refractivity contribution in [1.82, 2.24) is 19.7 Å². The molecule has 2 heterocycles. The highest BCUT2D eigenvalue weighted by molar-refractivity contribution is 7.99. The van der Waals surface area contributed by atoms with Crippen LogP contribution in [0.15, 0.2) is 58.2 Å². The van der Waals surface area contributed by atoms with Crippen LogP contribution < -0.4 is 0 Å². The van der Waals surface area contributed by atoms with Gasteiger partial charge in [-0.25, -0.2) is 4.98 Å². The second-order valence-electron chi connectivity index (χ2n) is 6.04. The van der Waals surface area contributed by atoms with Gasteiger partial charge in [0.05, 0.1) is 22.8 Å². The number of fused-ring (bicyclic) bond motifs is 1. The maximum atomic E-state index is 6.16. The summed E-state index contributed by atoms with van der Waals surface area (Å²) in [5.74, 6) is 1.24. The van der Waals surface area contributed by atoms with Crippen molar-refractivity contribution in [1.29, 1.82) is 0 Å². The van der Waals surface area contributed by atoms with Gasteiger partial charge in [0.1, 0.15) is 0 Å². The van der Waals surface area contributed by atoms with E-state index >= 15 is 0 Å². The molecule has 0 aliphatic rings. The molecule has 4 rings (SSSR count). The minimum Gasteiger partial charge on any atom is -0.338 e. The molecule has 0 amide bonds. The van der Waals surface area contributed by atoms with Crippen molar-refractivity contribution < 1.29 is 4.52 Å². The number of nitrogens with zero attached hydrogens (tertiary/aromatic N) is 4. The van der Waals surface area contributed by atoms with Gasteiger partial charge in [-0.15, -0.1) is 0 Å². The van der Waals surface area contributed by atoms with Gasteiger partial charge in [0.25, 0.3) is 0 Å². The Hall–Kier alpha value is -2.31. The lowest BCUT2D eigenvalue weighted by molar-refractivity contribution is 0.376. The van der Waals surface area contributed by atoms with E-state index in [0.717, 1.165) is 22.7 Å². The fourth-order valence-corrected chi connectivity index (χ4v) is 3.90. The summed E-state index contributed by atoms with van der Waals surface area (Å²) >= 11 is 7.76. The summed E-state index contributed by atoms with van der Waals surface area (Å²) in [6.45, 7) is 4.59. The Bertz CT molecular complexity index is 1040. The first-order chi connectivity index (χ1) is 12.6. The molecule has 2 aromatic carbocycles. The maximum Gasteiger partial charge on any atom is 0.239 e. The molecule has 0 aliphatic carbocycles. The Morgan fingerprint density at radius 1 is 1.15 bits per heavy atom. The number of benzene rings is 2. The first-order valence-electron chi connectivity index (χ1n) is 8.27. The second-order valence-corrected chi connectivity index (χ2v) is 7.78. The Kier molecular flexibility index (Phi) is 4.70. The molecule has 2 aromatic heterocycles. The normalized spacial score (nSPS) is 12.6. The minimum atomic E-state index is -0.00184. The van der Waals surface area contributed by atoms with Crippen LogP contribution in [-0.4, -0.2) is 19.7 Å². The number of hydrogen-bond donors (Lipinski definition) is 0. The molecule has 7 heteroatoms. The molecule has 0 saturated carbocycles. The summed E-state index contributed by atoms with van der Waals surface area (Å²) < 4.78 is 7.51. The quantitative estimate of drug-likeness (QED) is 0.438. The van der Waals surface area contributed by atoms with Crippen molar-refractivity contribution in [2.24, 2.45) is 0 Å². The molecule has 0 saturated heterocycles. The van der Waals surface area contributed by atoms with E-state index in [1.807, 2.05) is 50.2 Å². The highest BCUT2D eigenvalue weighted by atomic mass is 35.5. The lowest BCUT2D eigenvalue weighted by Crippen LogP contribution is -2.02. The third-order valence-electron chi connectivity index (χ3n) is 4.03. The number of rotatable bonds is 5. The van der Waals surface area contributed by atoms with Crippen LogP contribution in [0.1, 0.15) is 29.5 Å². The molecule has 0 N–H and O–H groups in total. The van der Waals surface area contributed by atoms with Crippen LogP contribution in [0.2, 0.25) is 5.02 Å². The van der Waals surface area contributed by atoms with E-state index in [1.165, 1.54) is 5.56 Å². The van der Waals surface area contributed by atoms with Gasteiger partial charge >= 0.3 is 0 Å². The molecule has 4 aromatic rings. The fraction of sp³-hybridized carbons (Fsp3) is 0.211. The van der Waals surface area contributed by atoms with Crippen molar-refractivity contribution >= 4 is 34.4 Å². The van der Waals surface area contributed by atoms with Gasteiger partial charge in [0.15, 0.2) is 11.0 Å². The Labute approximate surface area is 160 Å². The molecule has 26 heavy (non-hydrogen) atoms. The SMILES string of the molecule is Cc1noc([C@H](C)Sc2nc3cc(Cl)ccc3n2Cc2ccccc2)n1. The largest absolute Gasteiger partial charge is 0.338 e. The van der Waals surface area contributed by atoms with Gasteiger partial charge in [-0.05, 0) is 37.6 Å². The lowest BCUT2D eigenvalue weighted by Gasteiger charge is -2.11. The van der Waals surface area contributed by atoms with Crippen LogP contribution in [0.3, 0.4) is 0 Å². The third kappa shape index (κ3) is 3.48. The van der Waals surface area contributed by atoms with Crippen molar-refractivity contribution in [2.75, 3.05) is 0 Å². The molecule has 0 spiro atoms. The Morgan fingerprint density at radius 3 is 2.69 bits per heavy atom. The predicted molar refractivity (Wildman–Crippen MR) is 104 cm³/mol. The van der Waals surface area contributed by atoms with Crippen LogP contribution in [0.5, 0.6) is 0 Å². The molecule has 132 valence electrons. The summed E-state index contributed by atoms with van der Waals surface area (Å²) in [5.41, 5.74) is 3.14. The molecule has 0 aliphatic heterocycles. The minimum absolute atomic E-state index is 0.00184. The first-order valence-corrected chi connectivity index (χ1v) is 9.52. The van der Waals surface area contributed by atoms with E-state index < -0.39 is 0 Å². The summed E-state index contributed by atoms with van der Waals surface area (Å²) in [7, 11) is 0. The molecule has 0 radical (unpaired) electrons. The van der Waals surface area contributed by atoms with E-state index in [2.05, 4.69) is 26.8 Å². The topological polar surface area (TPSA) is 56.7 Å². The zero-order chi connectivity index (χ0) is 18.1. The molecule has 0 bridgehead atoms. The van der Waals surface area contributed by atoms with Crippen LogP contribution in [0, 0.1) is 6.92 Å². The van der Waals surface area contributed by atoms with Crippen molar-refractivity contribution in [3.05, 3.63) is 70.8 Å². The molecule has 5 nitrogen and oxygen atoms in total. The molecular weight excluding hydrogens is 368 g/mol. The predicted octanol–water partition coefficient (Wildman–Crippen LogP) is 5.28. The first kappa shape index (κ1) is 17.1. The van der Waals surface area contributed by atoms with Crippen LogP contribution in [0.4, 0.5) is 0 Å². The zero-order valence-electron chi connectivity index (χ0n) is 14.4. The molecule has 1 atom stereocenters. The summed E-state index contributed by atoms with van der Waals surface area (Å²) in [6, 6.07) is 16.1. The van der Waals surface area contributed by atoms with Crippen LogP contribution >= 0.6 is 23.4 Å². The highest BCUT2D eigenvalue weighted by Crippen LogP contribution is 2.36. The van der Waals surface area contributed by atoms with E-state index in [9.17, 15) is 0 Å². The van der Waals surface area contributed by atoms with Gasteiger partial charge in [-0.1, -0.05) is 58.9 Å². The van der Waals surface area contributed by atoms with E-state index in [4.69, 9.17) is 21.1 Å². The maximum absolute atomic E-state index is 6.16. The summed E-state index contributed by atoms with van der Waals surface area (Å²) in [4.78, 5) is 9.13. The average molecular weight is 385 g/mol. The van der Waals surface area contributed by atoms with Crippen LogP contribution in [0.25, 0.3) is 11.0 Å². The van der Waals surface area contributed by atoms with Crippen molar-refractivity contribution in [2.45, 2.75) is 30.8 Å². The second kappa shape index (κ2) is 7.13. The molecular formula is C19H17ClN4OS. The Morgan fingerprint density at radius 2 is 1.96 bits per heavy atom. The monoisotopic (exact) mass is 384 g/mol. The number of hydrogen-bond acceptors (Lipinski definition) is 5. The van der Waals surface area contributed by atoms with Gasteiger partial charge in [0.2, 0.25) is 5.89 Å². The summed E-state index contributed by atoms with van der Waals surface area (Å²) in [5, 5.41) is 5.46. The number of aryl methyl sites for hydroxylation is 1. The number of halogens is 1. The highest BCUT2D eigenvalue weighted by Gasteiger charge is 2.20. The van der Waals surface area contributed by atoms with Gasteiger partial charge in [-0.3, -0.25) is 0 Å². The van der Waals surface area contributed by atoms with Crippen LogP contribution in [-0.2, 0) is 6.54 Å². The fourth-order valence-electron chi connectivity index (χ4n) is 2.78. The summed E-state index contributed by atoms with van der Waals surface area (Å²) in [6.07, 6.45) is 0. The van der Waals surface area contributed by atoms with Crippen molar-refractivity contribution in [3.63, 3.8) is 0 Å². The van der Waals surface area contributed by atoms with Gasteiger partial charge < -0.3 is 9.09 Å². The van der Waals surface area contributed by atoms with Crippen molar-refractivity contribution in [3.8, 4) is 0 Å². The lowest BCUT2D eigenvalue weighted by atomic mass is 10.2. The molecule has 0 unspecified atom stereocenters.